The molecular formula is C14H22N2. The highest BCUT2D eigenvalue weighted by molar-refractivity contribution is 5.14. The van der Waals surface area contributed by atoms with Gasteiger partial charge in [-0.2, -0.15) is 0 Å². The summed E-state index contributed by atoms with van der Waals surface area (Å²) >= 11 is 0. The van der Waals surface area contributed by atoms with Gasteiger partial charge in [0.2, 0.25) is 0 Å². The Morgan fingerprint density at radius 1 is 1.25 bits per heavy atom. The molecule has 1 saturated heterocycles. The molecule has 88 valence electrons. The Bertz CT molecular complexity index is 321. The fraction of sp³-hybridized carbons (Fsp3) is 0.571. The summed E-state index contributed by atoms with van der Waals surface area (Å²) in [5, 5.41) is 0. The molecule has 0 amide bonds. The number of benzene rings is 1. The number of hydrogen-bond acceptors (Lipinski definition) is 2. The SMILES string of the molecule is CC(C)[C@H]1CN(Cc2ccccc2)C[C@H]1N. The highest BCUT2D eigenvalue weighted by atomic mass is 15.2. The van der Waals surface area contributed by atoms with Crippen LogP contribution in [0.15, 0.2) is 30.3 Å². The minimum absolute atomic E-state index is 0.351. The van der Waals surface area contributed by atoms with E-state index in [-0.39, 0.29) is 0 Å². The first-order valence-electron chi connectivity index (χ1n) is 6.18. The second kappa shape index (κ2) is 4.98. The third-order valence-electron chi connectivity index (χ3n) is 3.59. The van der Waals surface area contributed by atoms with Gasteiger partial charge in [-0.15, -0.1) is 0 Å². The second-order valence-electron chi connectivity index (χ2n) is 5.25. The van der Waals surface area contributed by atoms with Gasteiger partial charge in [-0.05, 0) is 17.4 Å². The van der Waals surface area contributed by atoms with Crippen LogP contribution < -0.4 is 5.73 Å². The highest BCUT2D eigenvalue weighted by Crippen LogP contribution is 2.24. The van der Waals surface area contributed by atoms with Crippen molar-refractivity contribution < 1.29 is 0 Å². The summed E-state index contributed by atoms with van der Waals surface area (Å²) in [5.74, 6) is 1.35. The molecule has 0 radical (unpaired) electrons. The maximum absolute atomic E-state index is 6.18. The van der Waals surface area contributed by atoms with Gasteiger partial charge in [0.25, 0.3) is 0 Å². The number of rotatable bonds is 3. The molecule has 1 aromatic carbocycles. The molecule has 2 heteroatoms. The molecule has 0 bridgehead atoms. The van der Waals surface area contributed by atoms with Crippen molar-refractivity contribution in [2.75, 3.05) is 13.1 Å². The lowest BCUT2D eigenvalue weighted by Crippen LogP contribution is -2.32. The summed E-state index contributed by atoms with van der Waals surface area (Å²) in [6, 6.07) is 11.0. The Morgan fingerprint density at radius 3 is 2.50 bits per heavy atom. The molecule has 1 fully saturated rings. The van der Waals surface area contributed by atoms with Gasteiger partial charge in [0, 0.05) is 25.7 Å². The number of likely N-dealkylation sites (tertiary alicyclic amines) is 1. The van der Waals surface area contributed by atoms with Gasteiger partial charge in [-0.1, -0.05) is 44.2 Å². The van der Waals surface area contributed by atoms with Crippen molar-refractivity contribution in [2.45, 2.75) is 26.4 Å². The van der Waals surface area contributed by atoms with Gasteiger partial charge in [-0.25, -0.2) is 0 Å². The largest absolute Gasteiger partial charge is 0.326 e. The summed E-state index contributed by atoms with van der Waals surface area (Å²) in [6.07, 6.45) is 0. The topological polar surface area (TPSA) is 29.3 Å². The molecule has 0 unspecified atom stereocenters. The predicted molar refractivity (Wildman–Crippen MR) is 68.0 cm³/mol. The van der Waals surface area contributed by atoms with Crippen LogP contribution in [0.2, 0.25) is 0 Å². The van der Waals surface area contributed by atoms with E-state index in [9.17, 15) is 0 Å². The quantitative estimate of drug-likeness (QED) is 0.842. The number of nitrogens with two attached hydrogens (primary N) is 1. The first-order valence-corrected chi connectivity index (χ1v) is 6.18. The molecule has 0 aromatic heterocycles. The molecule has 2 atom stereocenters. The maximum Gasteiger partial charge on any atom is 0.0234 e. The molecule has 1 heterocycles. The third kappa shape index (κ3) is 2.63. The lowest BCUT2D eigenvalue weighted by molar-refractivity contribution is 0.296. The number of hydrogen-bond donors (Lipinski definition) is 1. The number of nitrogens with zero attached hydrogens (tertiary/aromatic N) is 1. The Balaban J connectivity index is 1.94. The van der Waals surface area contributed by atoms with E-state index in [4.69, 9.17) is 5.73 Å². The normalized spacial score (nSPS) is 26.5. The summed E-state index contributed by atoms with van der Waals surface area (Å²) in [6.45, 7) is 7.77. The Kier molecular flexibility index (Phi) is 3.62. The standard InChI is InChI=1S/C14H22N2/c1-11(2)13-9-16(10-14(13)15)8-12-6-4-3-5-7-12/h3-7,11,13-14H,8-10,15H2,1-2H3/t13-,14-/m1/s1. The smallest absolute Gasteiger partial charge is 0.0234 e. The van der Waals surface area contributed by atoms with Crippen LogP contribution in [0.3, 0.4) is 0 Å². The lowest BCUT2D eigenvalue weighted by atomic mass is 9.92. The van der Waals surface area contributed by atoms with Crippen LogP contribution in [0.5, 0.6) is 0 Å². The average Bonchev–Trinajstić information content (AvgIpc) is 2.61. The van der Waals surface area contributed by atoms with Crippen LogP contribution >= 0.6 is 0 Å². The van der Waals surface area contributed by atoms with Gasteiger partial charge >= 0.3 is 0 Å². The van der Waals surface area contributed by atoms with E-state index in [1.165, 1.54) is 5.56 Å². The van der Waals surface area contributed by atoms with Crippen LogP contribution in [0.4, 0.5) is 0 Å². The van der Waals surface area contributed by atoms with Crippen LogP contribution in [-0.4, -0.2) is 24.0 Å². The minimum atomic E-state index is 0.351. The highest BCUT2D eigenvalue weighted by Gasteiger charge is 2.31. The van der Waals surface area contributed by atoms with E-state index < -0.39 is 0 Å². The van der Waals surface area contributed by atoms with E-state index >= 15 is 0 Å². The zero-order valence-corrected chi connectivity index (χ0v) is 10.3. The molecule has 16 heavy (non-hydrogen) atoms. The minimum Gasteiger partial charge on any atom is -0.326 e. The van der Waals surface area contributed by atoms with E-state index in [1.807, 2.05) is 0 Å². The summed E-state index contributed by atoms with van der Waals surface area (Å²) in [4.78, 5) is 2.48. The van der Waals surface area contributed by atoms with Crippen molar-refractivity contribution in [2.24, 2.45) is 17.6 Å². The second-order valence-corrected chi connectivity index (χ2v) is 5.25. The van der Waals surface area contributed by atoms with E-state index in [0.717, 1.165) is 19.6 Å². The van der Waals surface area contributed by atoms with Crippen molar-refractivity contribution in [3.05, 3.63) is 35.9 Å². The monoisotopic (exact) mass is 218 g/mol. The van der Waals surface area contributed by atoms with Crippen LogP contribution in [-0.2, 0) is 6.54 Å². The molecule has 2 N–H and O–H groups in total. The first kappa shape index (κ1) is 11.6. The summed E-state index contributed by atoms with van der Waals surface area (Å²) in [7, 11) is 0. The van der Waals surface area contributed by atoms with Gasteiger partial charge in [0.15, 0.2) is 0 Å². The Hall–Kier alpha value is -0.860. The first-order chi connectivity index (χ1) is 7.66. The van der Waals surface area contributed by atoms with Crippen LogP contribution in [0, 0.1) is 11.8 Å². The van der Waals surface area contributed by atoms with Crippen LogP contribution in [0.1, 0.15) is 19.4 Å². The lowest BCUT2D eigenvalue weighted by Gasteiger charge is -2.18. The van der Waals surface area contributed by atoms with E-state index in [1.54, 1.807) is 0 Å². The van der Waals surface area contributed by atoms with E-state index in [2.05, 4.69) is 49.1 Å². The third-order valence-corrected chi connectivity index (χ3v) is 3.59. The molecule has 1 aliphatic heterocycles. The van der Waals surface area contributed by atoms with E-state index in [0.29, 0.717) is 17.9 Å². The van der Waals surface area contributed by atoms with Gasteiger partial charge in [0.05, 0.1) is 0 Å². The summed E-state index contributed by atoms with van der Waals surface area (Å²) < 4.78 is 0. The molecule has 1 aromatic rings. The molecule has 0 aliphatic carbocycles. The van der Waals surface area contributed by atoms with Gasteiger partial charge in [-0.3, -0.25) is 4.90 Å². The zero-order chi connectivity index (χ0) is 11.5. The Morgan fingerprint density at radius 2 is 1.94 bits per heavy atom. The molecular weight excluding hydrogens is 196 g/mol. The van der Waals surface area contributed by atoms with Crippen molar-refractivity contribution >= 4 is 0 Å². The predicted octanol–water partition coefficient (Wildman–Crippen LogP) is 2.10. The van der Waals surface area contributed by atoms with Crippen molar-refractivity contribution in [1.82, 2.24) is 4.90 Å². The molecule has 2 nitrogen and oxygen atoms in total. The van der Waals surface area contributed by atoms with Crippen molar-refractivity contribution in [1.29, 1.82) is 0 Å². The van der Waals surface area contributed by atoms with Crippen LogP contribution in [0.25, 0.3) is 0 Å². The van der Waals surface area contributed by atoms with Gasteiger partial charge in [0.1, 0.15) is 0 Å². The molecule has 0 saturated carbocycles. The van der Waals surface area contributed by atoms with Gasteiger partial charge < -0.3 is 5.73 Å². The molecule has 1 aliphatic rings. The zero-order valence-electron chi connectivity index (χ0n) is 10.3. The van der Waals surface area contributed by atoms with Crippen molar-refractivity contribution in [3.8, 4) is 0 Å². The molecule has 0 spiro atoms. The average molecular weight is 218 g/mol. The summed E-state index contributed by atoms with van der Waals surface area (Å²) in [5.41, 5.74) is 7.57. The fourth-order valence-corrected chi connectivity index (χ4v) is 2.62. The Labute approximate surface area is 98.4 Å². The fourth-order valence-electron chi connectivity index (χ4n) is 2.62. The van der Waals surface area contributed by atoms with Crippen molar-refractivity contribution in [3.63, 3.8) is 0 Å². The molecule has 2 rings (SSSR count). The maximum atomic E-state index is 6.18.